The Labute approximate surface area is 196 Å². The quantitative estimate of drug-likeness (QED) is 0.406. The SMILES string of the molecule is COC(=O)C(C)C(c1cccc(OCC2CCC(c3cc(OC)ccc3F)CC2)c1)C1CC1. The Balaban J connectivity index is 1.34. The summed E-state index contributed by atoms with van der Waals surface area (Å²) < 4.78 is 30.8. The molecule has 2 aliphatic carbocycles. The maximum atomic E-state index is 14.3. The van der Waals surface area contributed by atoms with Crippen LogP contribution in [-0.4, -0.2) is 26.8 Å². The zero-order chi connectivity index (χ0) is 23.4. The Bertz CT molecular complexity index is 947. The van der Waals surface area contributed by atoms with Crippen molar-refractivity contribution in [2.75, 3.05) is 20.8 Å². The molecule has 2 aliphatic rings. The van der Waals surface area contributed by atoms with E-state index in [2.05, 4.69) is 12.1 Å². The van der Waals surface area contributed by atoms with E-state index < -0.39 is 0 Å². The molecular formula is C28H35FO4. The highest BCUT2D eigenvalue weighted by molar-refractivity contribution is 5.73. The minimum atomic E-state index is -0.162. The van der Waals surface area contributed by atoms with Gasteiger partial charge < -0.3 is 14.2 Å². The third kappa shape index (κ3) is 5.69. The lowest BCUT2D eigenvalue weighted by atomic mass is 9.79. The highest BCUT2D eigenvalue weighted by atomic mass is 19.1. The second kappa shape index (κ2) is 10.6. The molecule has 4 rings (SSSR count). The molecule has 0 spiro atoms. The number of halogens is 1. The molecule has 2 fully saturated rings. The van der Waals surface area contributed by atoms with Gasteiger partial charge in [0.1, 0.15) is 17.3 Å². The van der Waals surface area contributed by atoms with E-state index in [4.69, 9.17) is 14.2 Å². The number of rotatable bonds is 9. The normalized spacial score (nSPS) is 22.3. The molecule has 0 heterocycles. The van der Waals surface area contributed by atoms with E-state index in [1.807, 2.05) is 25.1 Å². The van der Waals surface area contributed by atoms with Crippen LogP contribution in [0.4, 0.5) is 4.39 Å². The van der Waals surface area contributed by atoms with Gasteiger partial charge in [0.15, 0.2) is 0 Å². The minimum Gasteiger partial charge on any atom is -0.497 e. The van der Waals surface area contributed by atoms with E-state index >= 15 is 0 Å². The number of hydrogen-bond donors (Lipinski definition) is 0. The van der Waals surface area contributed by atoms with Gasteiger partial charge in [0, 0.05) is 0 Å². The van der Waals surface area contributed by atoms with Crippen molar-refractivity contribution in [1.82, 2.24) is 0 Å². The molecule has 2 aromatic carbocycles. The van der Waals surface area contributed by atoms with Crippen molar-refractivity contribution in [1.29, 1.82) is 0 Å². The molecule has 0 saturated heterocycles. The van der Waals surface area contributed by atoms with Crippen molar-refractivity contribution in [3.8, 4) is 11.5 Å². The highest BCUT2D eigenvalue weighted by Crippen LogP contribution is 2.47. The van der Waals surface area contributed by atoms with E-state index in [9.17, 15) is 9.18 Å². The lowest BCUT2D eigenvalue weighted by Gasteiger charge is -2.29. The summed E-state index contributed by atoms with van der Waals surface area (Å²) >= 11 is 0. The molecule has 2 saturated carbocycles. The van der Waals surface area contributed by atoms with Crippen LogP contribution in [0, 0.1) is 23.6 Å². The van der Waals surface area contributed by atoms with Gasteiger partial charge >= 0.3 is 5.97 Å². The summed E-state index contributed by atoms with van der Waals surface area (Å²) in [6.45, 7) is 2.63. The van der Waals surface area contributed by atoms with Gasteiger partial charge in [0.05, 0.1) is 26.7 Å². The van der Waals surface area contributed by atoms with Crippen LogP contribution < -0.4 is 9.47 Å². The summed E-state index contributed by atoms with van der Waals surface area (Å²) in [5, 5.41) is 0. The Hall–Kier alpha value is -2.56. The Kier molecular flexibility index (Phi) is 7.56. The Morgan fingerprint density at radius 2 is 1.76 bits per heavy atom. The monoisotopic (exact) mass is 454 g/mol. The number of carbonyl (C=O) groups is 1. The van der Waals surface area contributed by atoms with Gasteiger partial charge in [-0.3, -0.25) is 4.79 Å². The first-order valence-corrected chi connectivity index (χ1v) is 12.1. The molecular weight excluding hydrogens is 419 g/mol. The van der Waals surface area contributed by atoms with E-state index in [-0.39, 0.29) is 29.5 Å². The van der Waals surface area contributed by atoms with Gasteiger partial charge in [-0.25, -0.2) is 4.39 Å². The van der Waals surface area contributed by atoms with Crippen LogP contribution in [0.3, 0.4) is 0 Å². The fraction of sp³-hybridized carbons (Fsp3) is 0.536. The summed E-state index contributed by atoms with van der Waals surface area (Å²) in [5.41, 5.74) is 1.93. The average molecular weight is 455 g/mol. The van der Waals surface area contributed by atoms with Crippen LogP contribution in [0.1, 0.15) is 68.4 Å². The van der Waals surface area contributed by atoms with Crippen LogP contribution in [0.25, 0.3) is 0 Å². The molecule has 2 atom stereocenters. The van der Waals surface area contributed by atoms with Crippen LogP contribution in [0.5, 0.6) is 11.5 Å². The van der Waals surface area contributed by atoms with E-state index in [0.29, 0.717) is 24.2 Å². The van der Waals surface area contributed by atoms with Crippen LogP contribution in [0.15, 0.2) is 42.5 Å². The molecule has 2 unspecified atom stereocenters. The van der Waals surface area contributed by atoms with Crippen molar-refractivity contribution >= 4 is 5.97 Å². The predicted octanol–water partition coefficient (Wildman–Crippen LogP) is 6.49. The van der Waals surface area contributed by atoms with Crippen molar-refractivity contribution in [3.63, 3.8) is 0 Å². The van der Waals surface area contributed by atoms with Crippen molar-refractivity contribution in [2.24, 2.45) is 17.8 Å². The molecule has 33 heavy (non-hydrogen) atoms. The van der Waals surface area contributed by atoms with Crippen molar-refractivity contribution in [3.05, 3.63) is 59.4 Å². The van der Waals surface area contributed by atoms with Gasteiger partial charge in [0.2, 0.25) is 0 Å². The van der Waals surface area contributed by atoms with Gasteiger partial charge in [-0.2, -0.15) is 0 Å². The van der Waals surface area contributed by atoms with E-state index in [1.165, 1.54) is 13.2 Å². The summed E-state index contributed by atoms with van der Waals surface area (Å²) in [7, 11) is 3.07. The Morgan fingerprint density at radius 3 is 2.42 bits per heavy atom. The maximum Gasteiger partial charge on any atom is 0.309 e. The second-order valence-electron chi connectivity index (χ2n) is 9.66. The van der Waals surface area contributed by atoms with Crippen LogP contribution in [-0.2, 0) is 9.53 Å². The molecule has 5 heteroatoms. The molecule has 0 amide bonds. The molecule has 178 valence electrons. The zero-order valence-corrected chi connectivity index (χ0v) is 19.9. The van der Waals surface area contributed by atoms with Crippen molar-refractivity contribution in [2.45, 2.75) is 57.3 Å². The van der Waals surface area contributed by atoms with Gasteiger partial charge in [0.25, 0.3) is 0 Å². The first-order valence-electron chi connectivity index (χ1n) is 12.1. The molecule has 0 radical (unpaired) electrons. The predicted molar refractivity (Wildman–Crippen MR) is 126 cm³/mol. The number of hydrogen-bond acceptors (Lipinski definition) is 4. The maximum absolute atomic E-state index is 14.3. The smallest absolute Gasteiger partial charge is 0.309 e. The van der Waals surface area contributed by atoms with Crippen LogP contribution >= 0.6 is 0 Å². The third-order valence-corrected chi connectivity index (χ3v) is 7.46. The molecule has 0 aromatic heterocycles. The lowest BCUT2D eigenvalue weighted by molar-refractivity contribution is -0.145. The molecule has 4 nitrogen and oxygen atoms in total. The Morgan fingerprint density at radius 1 is 1.00 bits per heavy atom. The summed E-state index contributed by atoms with van der Waals surface area (Å²) in [6.07, 6.45) is 6.27. The van der Waals surface area contributed by atoms with Gasteiger partial charge in [-0.05, 0) is 104 Å². The van der Waals surface area contributed by atoms with Crippen LogP contribution in [0.2, 0.25) is 0 Å². The highest BCUT2D eigenvalue weighted by Gasteiger charge is 2.39. The number of benzene rings is 2. The molecule has 0 aliphatic heterocycles. The molecule has 0 bridgehead atoms. The largest absolute Gasteiger partial charge is 0.497 e. The minimum absolute atomic E-state index is 0.140. The topological polar surface area (TPSA) is 44.8 Å². The first kappa shape index (κ1) is 23.6. The number of methoxy groups -OCH3 is 2. The van der Waals surface area contributed by atoms with E-state index in [0.717, 1.165) is 55.4 Å². The number of carbonyl (C=O) groups excluding carboxylic acids is 1. The second-order valence-corrected chi connectivity index (χ2v) is 9.66. The first-order chi connectivity index (χ1) is 16.0. The lowest BCUT2D eigenvalue weighted by Crippen LogP contribution is -2.22. The average Bonchev–Trinajstić information content (AvgIpc) is 3.68. The molecule has 0 N–H and O–H groups in total. The number of esters is 1. The fourth-order valence-corrected chi connectivity index (χ4v) is 5.38. The van der Waals surface area contributed by atoms with E-state index in [1.54, 1.807) is 13.2 Å². The molecule has 2 aromatic rings. The van der Waals surface area contributed by atoms with Crippen molar-refractivity contribution < 1.29 is 23.4 Å². The number of ether oxygens (including phenoxy) is 3. The third-order valence-electron chi connectivity index (χ3n) is 7.46. The zero-order valence-electron chi connectivity index (χ0n) is 19.9. The summed E-state index contributed by atoms with van der Waals surface area (Å²) in [5.74, 6) is 2.53. The standard InChI is InChI=1S/C28H35FO4/c1-18(28(30)32-3)27(21-11-12-21)22-5-4-6-24(15-22)33-17-19-7-9-20(10-8-19)25-16-23(31-2)13-14-26(25)29/h4-6,13-16,18-21,27H,7-12,17H2,1-3H3. The fourth-order valence-electron chi connectivity index (χ4n) is 5.38. The summed E-state index contributed by atoms with van der Waals surface area (Å²) in [6, 6.07) is 13.2. The van der Waals surface area contributed by atoms with Gasteiger partial charge in [-0.1, -0.05) is 19.1 Å². The summed E-state index contributed by atoms with van der Waals surface area (Å²) in [4.78, 5) is 12.2. The van der Waals surface area contributed by atoms with Gasteiger partial charge in [-0.15, -0.1) is 0 Å².